The zero-order valence-electron chi connectivity index (χ0n) is 8.56. The van der Waals surface area contributed by atoms with Gasteiger partial charge in [-0.1, -0.05) is 30.3 Å². The third-order valence-corrected chi connectivity index (χ3v) is 2.67. The van der Waals surface area contributed by atoms with Crippen LogP contribution in [0.1, 0.15) is 12.5 Å². The molecule has 0 radical (unpaired) electrons. The van der Waals surface area contributed by atoms with Crippen LogP contribution in [-0.2, 0) is 15.0 Å². The Morgan fingerprint density at radius 3 is 2.12 bits per heavy atom. The number of hydrazine groups is 2. The maximum Gasteiger partial charge on any atom is 0.254 e. The van der Waals surface area contributed by atoms with E-state index in [1.54, 1.807) is 30.3 Å². The van der Waals surface area contributed by atoms with Gasteiger partial charge in [0.1, 0.15) is 0 Å². The Hall–Kier alpha value is -1.92. The van der Waals surface area contributed by atoms with Crippen LogP contribution in [0.3, 0.4) is 0 Å². The van der Waals surface area contributed by atoms with E-state index < -0.39 is 17.2 Å². The largest absolute Gasteiger partial charge is 0.749 e. The van der Waals surface area contributed by atoms with Crippen LogP contribution in [0.4, 0.5) is 0 Å². The van der Waals surface area contributed by atoms with Crippen LogP contribution in [0.15, 0.2) is 30.3 Å². The molecule has 84 valence electrons. The summed E-state index contributed by atoms with van der Waals surface area (Å²) in [6.45, 7) is 1.47. The highest BCUT2D eigenvalue weighted by Crippen LogP contribution is 2.26. The lowest BCUT2D eigenvalue weighted by Gasteiger charge is -2.41. The van der Waals surface area contributed by atoms with E-state index in [1.807, 2.05) is 10.9 Å². The third kappa shape index (κ3) is 1.44. The highest BCUT2D eigenvalue weighted by atomic mass is 16.6. The zero-order valence-corrected chi connectivity index (χ0v) is 8.56. The fourth-order valence-corrected chi connectivity index (χ4v) is 1.57. The minimum Gasteiger partial charge on any atom is -0.749 e. The zero-order chi connectivity index (χ0) is 11.8. The van der Waals surface area contributed by atoms with E-state index in [2.05, 4.69) is 0 Å². The first-order chi connectivity index (χ1) is 7.55. The summed E-state index contributed by atoms with van der Waals surface area (Å²) in [6, 6.07) is 8.57. The second kappa shape index (κ2) is 3.58. The number of hydrogen-bond donors (Lipinski definition) is 2. The van der Waals surface area contributed by atoms with Crippen molar-refractivity contribution in [3.63, 3.8) is 0 Å². The molecule has 0 unspecified atom stereocenters. The normalized spacial score (nSPS) is 20.1. The van der Waals surface area contributed by atoms with Crippen LogP contribution in [0, 0.1) is 5.21 Å². The molecule has 1 aliphatic heterocycles. The van der Waals surface area contributed by atoms with E-state index in [-0.39, 0.29) is 5.28 Å². The summed E-state index contributed by atoms with van der Waals surface area (Å²) in [6.07, 6.45) is 0. The Labute approximate surface area is 91.8 Å². The SMILES string of the molecule is CC1(c2ccccc2)C(=O)NN([O-])NC1=O. The molecule has 16 heavy (non-hydrogen) atoms. The van der Waals surface area contributed by atoms with Crippen molar-refractivity contribution in [2.24, 2.45) is 0 Å². The Bertz CT molecular complexity index is 414. The van der Waals surface area contributed by atoms with Gasteiger partial charge in [0.15, 0.2) is 5.41 Å². The number of hydrogen-bond acceptors (Lipinski definition) is 4. The molecular weight excluding hydrogens is 210 g/mol. The van der Waals surface area contributed by atoms with E-state index >= 15 is 0 Å². The lowest BCUT2D eigenvalue weighted by atomic mass is 9.80. The highest BCUT2D eigenvalue weighted by molar-refractivity contribution is 6.11. The number of benzene rings is 1. The fraction of sp³-hybridized carbons (Fsp3) is 0.200. The summed E-state index contributed by atoms with van der Waals surface area (Å²) in [4.78, 5) is 23.4. The minimum absolute atomic E-state index is 0.00928. The van der Waals surface area contributed by atoms with Crippen molar-refractivity contribution in [2.45, 2.75) is 12.3 Å². The molecule has 2 rings (SSSR count). The molecule has 0 atom stereocenters. The molecule has 1 fully saturated rings. The average Bonchev–Trinajstić information content (AvgIpc) is 2.27. The molecule has 1 aliphatic rings. The number of nitrogens with one attached hydrogen (secondary N) is 2. The molecule has 0 aliphatic carbocycles. The van der Waals surface area contributed by atoms with Gasteiger partial charge in [-0.25, -0.2) is 5.28 Å². The summed E-state index contributed by atoms with van der Waals surface area (Å²) < 4.78 is 0. The number of carbonyl (C=O) groups is 2. The molecule has 6 heteroatoms. The summed E-state index contributed by atoms with van der Waals surface area (Å²) in [7, 11) is 0. The van der Waals surface area contributed by atoms with E-state index in [0.717, 1.165) is 0 Å². The van der Waals surface area contributed by atoms with Gasteiger partial charge < -0.3 is 5.21 Å². The molecule has 2 N–H and O–H groups in total. The van der Waals surface area contributed by atoms with E-state index in [0.29, 0.717) is 5.56 Å². The monoisotopic (exact) mass is 220 g/mol. The van der Waals surface area contributed by atoms with Gasteiger partial charge in [-0.2, -0.15) is 0 Å². The van der Waals surface area contributed by atoms with Crippen molar-refractivity contribution >= 4 is 11.8 Å². The first-order valence-corrected chi connectivity index (χ1v) is 4.70. The van der Waals surface area contributed by atoms with Crippen molar-refractivity contribution in [2.75, 3.05) is 0 Å². The molecule has 0 saturated carbocycles. The first-order valence-electron chi connectivity index (χ1n) is 4.70. The van der Waals surface area contributed by atoms with Gasteiger partial charge in [-0.15, -0.1) is 0 Å². The van der Waals surface area contributed by atoms with Crippen LogP contribution in [0.5, 0.6) is 0 Å². The molecule has 0 aromatic heterocycles. The molecule has 1 saturated heterocycles. The summed E-state index contributed by atoms with van der Waals surface area (Å²) in [5.41, 5.74) is 3.18. The van der Waals surface area contributed by atoms with Crippen LogP contribution < -0.4 is 10.9 Å². The first kappa shape index (κ1) is 10.6. The van der Waals surface area contributed by atoms with Gasteiger partial charge >= 0.3 is 0 Å². The van der Waals surface area contributed by atoms with Gasteiger partial charge in [-0.05, 0) is 12.5 Å². The Balaban J connectivity index is 2.44. The lowest BCUT2D eigenvalue weighted by molar-refractivity contribution is -0.150. The predicted octanol–water partition coefficient (Wildman–Crippen LogP) is -0.180. The van der Waals surface area contributed by atoms with Gasteiger partial charge in [-0.3, -0.25) is 20.4 Å². The number of amides is 2. The van der Waals surface area contributed by atoms with E-state index in [9.17, 15) is 14.8 Å². The maximum absolute atomic E-state index is 11.7. The molecule has 0 spiro atoms. The number of carbonyl (C=O) groups excluding carboxylic acids is 2. The maximum atomic E-state index is 11.7. The average molecular weight is 220 g/mol. The van der Waals surface area contributed by atoms with Crippen molar-refractivity contribution < 1.29 is 9.59 Å². The van der Waals surface area contributed by atoms with Gasteiger partial charge in [0.2, 0.25) is 0 Å². The van der Waals surface area contributed by atoms with E-state index in [1.165, 1.54) is 6.92 Å². The Kier molecular flexibility index (Phi) is 2.37. The van der Waals surface area contributed by atoms with Crippen molar-refractivity contribution in [3.05, 3.63) is 41.1 Å². The van der Waals surface area contributed by atoms with Gasteiger partial charge in [0.25, 0.3) is 11.8 Å². The smallest absolute Gasteiger partial charge is 0.254 e. The molecule has 2 amide bonds. The van der Waals surface area contributed by atoms with Crippen molar-refractivity contribution in [1.82, 2.24) is 16.1 Å². The van der Waals surface area contributed by atoms with Crippen molar-refractivity contribution in [1.29, 1.82) is 0 Å². The molecule has 1 aromatic rings. The molecule has 0 bridgehead atoms. The Morgan fingerprint density at radius 1 is 1.12 bits per heavy atom. The molecular formula is C10H10N3O3-. The summed E-state index contributed by atoms with van der Waals surface area (Å²) >= 11 is 0. The van der Waals surface area contributed by atoms with Crippen LogP contribution in [0.2, 0.25) is 0 Å². The molecule has 1 heterocycles. The Morgan fingerprint density at radius 2 is 1.62 bits per heavy atom. The standard InChI is InChI=1S/C10H10N3O3/c1-10(7-5-3-2-4-6-7)8(14)11-13(16)12-9(10)15/h2-6H,1H3,(H,11,14)(H,12,15)/q-1. The molecule has 1 aromatic carbocycles. The number of nitrogens with zero attached hydrogens (tertiary/aromatic N) is 1. The highest BCUT2D eigenvalue weighted by Gasteiger charge is 2.45. The van der Waals surface area contributed by atoms with E-state index in [4.69, 9.17) is 0 Å². The summed E-state index contributed by atoms with van der Waals surface area (Å²) in [5.74, 6) is -1.28. The van der Waals surface area contributed by atoms with Gasteiger partial charge in [0.05, 0.1) is 0 Å². The molecule has 6 nitrogen and oxygen atoms in total. The number of rotatable bonds is 1. The topological polar surface area (TPSA) is 84.5 Å². The lowest BCUT2D eigenvalue weighted by Crippen LogP contribution is -2.66. The quantitative estimate of drug-likeness (QED) is 0.643. The third-order valence-electron chi connectivity index (χ3n) is 2.67. The van der Waals surface area contributed by atoms with Crippen LogP contribution >= 0.6 is 0 Å². The van der Waals surface area contributed by atoms with Crippen LogP contribution in [0.25, 0.3) is 0 Å². The fourth-order valence-electron chi connectivity index (χ4n) is 1.57. The summed E-state index contributed by atoms with van der Waals surface area (Å²) in [5, 5.41) is 10.9. The second-order valence-corrected chi connectivity index (χ2v) is 3.67. The predicted molar refractivity (Wildman–Crippen MR) is 55.3 cm³/mol. The van der Waals surface area contributed by atoms with Crippen molar-refractivity contribution in [3.8, 4) is 0 Å². The minimum atomic E-state index is -1.37. The second-order valence-electron chi connectivity index (χ2n) is 3.67. The van der Waals surface area contributed by atoms with Crippen LogP contribution in [-0.4, -0.2) is 17.1 Å². The van der Waals surface area contributed by atoms with Gasteiger partial charge in [0, 0.05) is 0 Å².